The van der Waals surface area contributed by atoms with Crippen LogP contribution >= 0.6 is 0 Å². The number of piperazine rings is 1. The Bertz CT molecular complexity index is 806. The molecule has 4 rings (SSSR count). The van der Waals surface area contributed by atoms with Crippen molar-refractivity contribution in [1.29, 1.82) is 0 Å². The van der Waals surface area contributed by atoms with Crippen molar-refractivity contribution in [2.75, 3.05) is 39.3 Å². The minimum atomic E-state index is -0.793. The lowest BCUT2D eigenvalue weighted by molar-refractivity contribution is -0.156. The number of piperidine rings is 1. The van der Waals surface area contributed by atoms with Gasteiger partial charge < -0.3 is 19.6 Å². The van der Waals surface area contributed by atoms with Gasteiger partial charge in [-0.15, -0.1) is 0 Å². The van der Waals surface area contributed by atoms with Crippen LogP contribution in [0.5, 0.6) is 0 Å². The first kappa shape index (κ1) is 22.9. The number of carbonyl (C=O) groups is 2. The van der Waals surface area contributed by atoms with E-state index in [2.05, 4.69) is 25.7 Å². The second-order valence-electron chi connectivity index (χ2n) is 10.8. The largest absolute Gasteiger partial charge is 0.465 e. The summed E-state index contributed by atoms with van der Waals surface area (Å²) in [7, 11) is 0. The van der Waals surface area contributed by atoms with Gasteiger partial charge in [0.2, 0.25) is 0 Å². The lowest BCUT2D eigenvalue weighted by Gasteiger charge is -2.65. The highest BCUT2D eigenvalue weighted by molar-refractivity contribution is 5.67. The van der Waals surface area contributed by atoms with Crippen molar-refractivity contribution in [3.05, 3.63) is 35.9 Å². The predicted molar refractivity (Wildman–Crippen MR) is 122 cm³/mol. The van der Waals surface area contributed by atoms with Crippen molar-refractivity contribution in [3.63, 3.8) is 0 Å². The van der Waals surface area contributed by atoms with Crippen LogP contribution in [0.15, 0.2) is 30.3 Å². The molecule has 2 aliphatic heterocycles. The predicted octanol–water partition coefficient (Wildman–Crippen LogP) is 4.14. The molecule has 1 aliphatic carbocycles. The van der Waals surface area contributed by atoms with E-state index in [-0.39, 0.29) is 16.9 Å². The van der Waals surface area contributed by atoms with Crippen LogP contribution in [-0.2, 0) is 11.3 Å². The highest BCUT2D eigenvalue weighted by Gasteiger charge is 2.60. The van der Waals surface area contributed by atoms with E-state index in [0.717, 1.165) is 37.9 Å². The zero-order valence-electron chi connectivity index (χ0n) is 19.6. The van der Waals surface area contributed by atoms with E-state index in [9.17, 15) is 14.7 Å². The first-order chi connectivity index (χ1) is 15.2. The molecular formula is C25H37N3O4. The number of ether oxygens (including phenoxy) is 1. The second kappa shape index (κ2) is 8.93. The lowest BCUT2D eigenvalue weighted by Crippen LogP contribution is -2.68. The monoisotopic (exact) mass is 443 g/mol. The van der Waals surface area contributed by atoms with Gasteiger partial charge in [-0.05, 0) is 41.6 Å². The molecule has 2 heterocycles. The summed E-state index contributed by atoms with van der Waals surface area (Å²) in [5.74, 6) is 0.544. The van der Waals surface area contributed by atoms with Crippen LogP contribution in [-0.4, -0.2) is 77.3 Å². The number of benzene rings is 1. The molecule has 0 aromatic heterocycles. The number of nitrogens with zero attached hydrogens (tertiary/aromatic N) is 3. The van der Waals surface area contributed by atoms with Crippen LogP contribution in [0.2, 0.25) is 0 Å². The molecule has 2 unspecified atom stereocenters. The van der Waals surface area contributed by atoms with Gasteiger partial charge in [-0.3, -0.25) is 4.90 Å². The van der Waals surface area contributed by atoms with Gasteiger partial charge in [0, 0.05) is 45.3 Å². The van der Waals surface area contributed by atoms with E-state index in [1.165, 1.54) is 0 Å². The molecule has 2 atom stereocenters. The first-order valence-electron chi connectivity index (χ1n) is 11.9. The molecule has 176 valence electrons. The Hall–Kier alpha value is -2.28. The number of carboxylic acid groups (broad SMARTS) is 1. The third kappa shape index (κ3) is 4.58. The summed E-state index contributed by atoms with van der Waals surface area (Å²) in [4.78, 5) is 29.8. The molecule has 7 nitrogen and oxygen atoms in total. The number of rotatable bonds is 3. The van der Waals surface area contributed by atoms with Gasteiger partial charge in [0.25, 0.3) is 0 Å². The Morgan fingerprint density at radius 3 is 2.19 bits per heavy atom. The third-order valence-corrected chi connectivity index (χ3v) is 7.87. The molecule has 1 aromatic rings. The van der Waals surface area contributed by atoms with E-state index < -0.39 is 6.09 Å². The molecule has 0 radical (unpaired) electrons. The van der Waals surface area contributed by atoms with Crippen molar-refractivity contribution < 1.29 is 19.4 Å². The number of hydrogen-bond acceptors (Lipinski definition) is 4. The molecular weight excluding hydrogens is 406 g/mol. The fourth-order valence-corrected chi connectivity index (χ4v) is 6.45. The molecule has 1 N–H and O–H groups in total. The fourth-order valence-electron chi connectivity index (χ4n) is 6.45. The molecule has 1 spiro atoms. The van der Waals surface area contributed by atoms with Crippen molar-refractivity contribution in [2.45, 2.75) is 52.7 Å². The summed E-state index contributed by atoms with van der Waals surface area (Å²) >= 11 is 0. The maximum absolute atomic E-state index is 12.5. The molecule has 3 aliphatic rings. The average Bonchev–Trinajstić information content (AvgIpc) is 2.76. The smallest absolute Gasteiger partial charge is 0.410 e. The molecule has 32 heavy (non-hydrogen) atoms. The van der Waals surface area contributed by atoms with Gasteiger partial charge in [-0.1, -0.05) is 51.1 Å². The van der Waals surface area contributed by atoms with Crippen molar-refractivity contribution in [1.82, 2.24) is 14.7 Å². The summed E-state index contributed by atoms with van der Waals surface area (Å²) in [5.41, 5.74) is 1.42. The zero-order valence-corrected chi connectivity index (χ0v) is 19.6. The Labute approximate surface area is 191 Å². The second-order valence-corrected chi connectivity index (χ2v) is 10.8. The first-order valence-corrected chi connectivity index (χ1v) is 11.9. The lowest BCUT2D eigenvalue weighted by atomic mass is 9.46. The topological polar surface area (TPSA) is 73.3 Å². The highest BCUT2D eigenvalue weighted by atomic mass is 16.6. The maximum Gasteiger partial charge on any atom is 0.410 e. The number of carbonyl (C=O) groups excluding carboxylic acids is 1. The van der Waals surface area contributed by atoms with E-state index in [0.29, 0.717) is 44.7 Å². The molecule has 3 fully saturated rings. The SMILES string of the molecule is CC(C)(C)C1C(N2CCN(C(=O)OCc3ccccc3)CC2)CC12CCN(C(=O)O)CC2. The minimum absolute atomic E-state index is 0.167. The van der Waals surface area contributed by atoms with Crippen LogP contribution in [0.3, 0.4) is 0 Å². The van der Waals surface area contributed by atoms with Gasteiger partial charge in [-0.2, -0.15) is 0 Å². The van der Waals surface area contributed by atoms with Crippen molar-refractivity contribution >= 4 is 12.2 Å². The van der Waals surface area contributed by atoms with Crippen LogP contribution in [0.1, 0.15) is 45.6 Å². The van der Waals surface area contributed by atoms with E-state index >= 15 is 0 Å². The van der Waals surface area contributed by atoms with Crippen LogP contribution in [0.4, 0.5) is 9.59 Å². The summed E-state index contributed by atoms with van der Waals surface area (Å²) in [6.45, 7) is 11.7. The molecule has 7 heteroatoms. The summed E-state index contributed by atoms with van der Waals surface area (Å²) in [6, 6.07) is 10.3. The number of likely N-dealkylation sites (tertiary alicyclic amines) is 1. The average molecular weight is 444 g/mol. The van der Waals surface area contributed by atoms with E-state index in [1.807, 2.05) is 35.2 Å². The number of amides is 2. The Balaban J connectivity index is 1.31. The van der Waals surface area contributed by atoms with E-state index in [4.69, 9.17) is 4.74 Å². The van der Waals surface area contributed by atoms with Gasteiger partial charge >= 0.3 is 12.2 Å². The normalized spacial score (nSPS) is 26.0. The zero-order chi connectivity index (χ0) is 22.9. The quantitative estimate of drug-likeness (QED) is 0.760. The van der Waals surface area contributed by atoms with Crippen molar-refractivity contribution in [2.24, 2.45) is 16.7 Å². The molecule has 2 saturated heterocycles. The standard InChI is InChI=1S/C25H37N3O4/c1-24(2,3)21-20(17-25(21)9-11-27(12-10-25)22(29)30)26-13-15-28(16-14-26)23(31)32-18-19-7-5-4-6-8-19/h4-8,20-21H,9-18H2,1-3H3,(H,29,30). The number of hydrogen-bond donors (Lipinski definition) is 1. The molecule has 2 amide bonds. The minimum Gasteiger partial charge on any atom is -0.465 e. The van der Waals surface area contributed by atoms with Crippen LogP contribution < -0.4 is 0 Å². The molecule has 1 saturated carbocycles. The summed E-state index contributed by atoms with van der Waals surface area (Å²) in [5, 5.41) is 9.33. The Morgan fingerprint density at radius 2 is 1.62 bits per heavy atom. The van der Waals surface area contributed by atoms with Gasteiger partial charge in [0.15, 0.2) is 0 Å². The summed E-state index contributed by atoms with van der Waals surface area (Å²) < 4.78 is 5.51. The molecule has 1 aromatic carbocycles. The van der Waals surface area contributed by atoms with Gasteiger partial charge in [-0.25, -0.2) is 9.59 Å². The fraction of sp³-hybridized carbons (Fsp3) is 0.680. The van der Waals surface area contributed by atoms with Gasteiger partial charge in [0.05, 0.1) is 0 Å². The third-order valence-electron chi connectivity index (χ3n) is 7.87. The van der Waals surface area contributed by atoms with Crippen LogP contribution in [0, 0.1) is 16.7 Å². The Kier molecular flexibility index (Phi) is 6.39. The highest BCUT2D eigenvalue weighted by Crippen LogP contribution is 2.61. The Morgan fingerprint density at radius 1 is 1.00 bits per heavy atom. The summed E-state index contributed by atoms with van der Waals surface area (Å²) in [6.07, 6.45) is 2.04. The van der Waals surface area contributed by atoms with Crippen LogP contribution in [0.25, 0.3) is 0 Å². The van der Waals surface area contributed by atoms with Gasteiger partial charge in [0.1, 0.15) is 6.61 Å². The maximum atomic E-state index is 12.5. The van der Waals surface area contributed by atoms with Crippen molar-refractivity contribution in [3.8, 4) is 0 Å². The van der Waals surface area contributed by atoms with E-state index in [1.54, 1.807) is 4.90 Å². The molecule has 0 bridgehead atoms.